The van der Waals surface area contributed by atoms with E-state index in [-0.39, 0.29) is 23.5 Å². The van der Waals surface area contributed by atoms with Crippen LogP contribution in [0.4, 0.5) is 0 Å². The molecule has 154 valence electrons. The fraction of sp³-hybridized carbons (Fsp3) is 0.167. The Balaban J connectivity index is 1.76. The van der Waals surface area contributed by atoms with Gasteiger partial charge in [-0.3, -0.25) is 0 Å². The first-order valence-electron chi connectivity index (χ1n) is 9.53. The molecule has 0 aliphatic carbocycles. The molecule has 3 aromatic rings. The highest BCUT2D eigenvalue weighted by Gasteiger charge is 2.20. The summed E-state index contributed by atoms with van der Waals surface area (Å²) in [6, 6.07) is 21.6. The highest BCUT2D eigenvalue weighted by atomic mass is 79.9. The molecule has 0 spiro atoms. The second kappa shape index (κ2) is 10.6. The van der Waals surface area contributed by atoms with Crippen LogP contribution in [0, 0.1) is 0 Å². The molecule has 0 N–H and O–H groups in total. The first-order valence-corrected chi connectivity index (χ1v) is 10.3. The summed E-state index contributed by atoms with van der Waals surface area (Å²) in [5.41, 5.74) is 1.59. The van der Waals surface area contributed by atoms with Crippen LogP contribution in [-0.4, -0.2) is 25.2 Å². The molecule has 0 amide bonds. The van der Waals surface area contributed by atoms with E-state index in [0.29, 0.717) is 23.2 Å². The van der Waals surface area contributed by atoms with Crippen LogP contribution in [0.15, 0.2) is 77.3 Å². The van der Waals surface area contributed by atoms with Gasteiger partial charge in [-0.2, -0.15) is 0 Å². The molecule has 0 unspecified atom stereocenters. The maximum atomic E-state index is 12.9. The Morgan fingerprint density at radius 3 is 2.33 bits per heavy atom. The average Bonchev–Trinajstić information content (AvgIpc) is 2.76. The van der Waals surface area contributed by atoms with Crippen molar-refractivity contribution in [2.75, 3.05) is 13.2 Å². The highest BCUT2D eigenvalue weighted by Crippen LogP contribution is 2.27. The van der Waals surface area contributed by atoms with Gasteiger partial charge >= 0.3 is 11.9 Å². The van der Waals surface area contributed by atoms with Gasteiger partial charge in [-0.1, -0.05) is 58.4 Å². The van der Waals surface area contributed by atoms with Crippen LogP contribution >= 0.6 is 15.9 Å². The number of carbonyl (C=O) groups excluding carboxylic acids is 2. The summed E-state index contributed by atoms with van der Waals surface area (Å²) in [7, 11) is 0. The molecular formula is C24H21BrO5. The molecule has 0 saturated heterocycles. The Hall–Kier alpha value is -3.12. The van der Waals surface area contributed by atoms with E-state index in [1.165, 1.54) is 0 Å². The normalized spacial score (nSPS) is 10.3. The van der Waals surface area contributed by atoms with Gasteiger partial charge in [0.15, 0.2) is 0 Å². The minimum absolute atomic E-state index is 0.135. The van der Waals surface area contributed by atoms with E-state index in [1.807, 2.05) is 30.3 Å². The lowest BCUT2D eigenvalue weighted by molar-refractivity contribution is 0.0520. The second-order valence-corrected chi connectivity index (χ2v) is 7.25. The van der Waals surface area contributed by atoms with Gasteiger partial charge in [0, 0.05) is 10.9 Å². The number of halogens is 1. The van der Waals surface area contributed by atoms with Crippen LogP contribution in [0.1, 0.15) is 33.2 Å². The van der Waals surface area contributed by atoms with E-state index >= 15 is 0 Å². The van der Waals surface area contributed by atoms with Crippen molar-refractivity contribution < 1.29 is 23.8 Å². The zero-order chi connectivity index (χ0) is 21.3. The second-order valence-electron chi connectivity index (χ2n) is 6.33. The van der Waals surface area contributed by atoms with Crippen molar-refractivity contribution in [2.24, 2.45) is 0 Å². The zero-order valence-electron chi connectivity index (χ0n) is 16.5. The third-order valence-corrected chi connectivity index (χ3v) is 4.73. The van der Waals surface area contributed by atoms with Crippen molar-refractivity contribution in [1.82, 2.24) is 0 Å². The average molecular weight is 469 g/mol. The molecular weight excluding hydrogens is 448 g/mol. The Morgan fingerprint density at radius 2 is 1.57 bits per heavy atom. The van der Waals surface area contributed by atoms with E-state index in [1.54, 1.807) is 49.4 Å². The SMILES string of the molecule is CCOC(=O)c1ccccc1OC(=O)c1cc(Br)ccc1OCCc1ccccc1. The summed E-state index contributed by atoms with van der Waals surface area (Å²) >= 11 is 3.38. The van der Waals surface area contributed by atoms with Crippen LogP contribution in [0.5, 0.6) is 11.5 Å². The molecule has 6 heteroatoms. The number of carbonyl (C=O) groups is 2. The van der Waals surface area contributed by atoms with E-state index in [4.69, 9.17) is 14.2 Å². The molecule has 5 nitrogen and oxygen atoms in total. The van der Waals surface area contributed by atoms with Crippen LogP contribution in [-0.2, 0) is 11.2 Å². The van der Waals surface area contributed by atoms with Gasteiger partial charge in [0.1, 0.15) is 22.6 Å². The molecule has 3 rings (SSSR count). The third kappa shape index (κ3) is 5.70. The lowest BCUT2D eigenvalue weighted by Gasteiger charge is -2.13. The molecule has 0 aliphatic rings. The van der Waals surface area contributed by atoms with Crippen molar-refractivity contribution in [3.8, 4) is 11.5 Å². The van der Waals surface area contributed by atoms with Crippen LogP contribution in [0.3, 0.4) is 0 Å². The number of benzene rings is 3. The third-order valence-electron chi connectivity index (χ3n) is 4.24. The van der Waals surface area contributed by atoms with Crippen molar-refractivity contribution in [3.05, 3.63) is 94.0 Å². The number of hydrogen-bond acceptors (Lipinski definition) is 5. The smallest absolute Gasteiger partial charge is 0.347 e. The van der Waals surface area contributed by atoms with Crippen molar-refractivity contribution in [2.45, 2.75) is 13.3 Å². The van der Waals surface area contributed by atoms with E-state index in [9.17, 15) is 9.59 Å². The summed E-state index contributed by atoms with van der Waals surface area (Å²) in [5.74, 6) is -0.624. The summed E-state index contributed by atoms with van der Waals surface area (Å²) in [6.45, 7) is 2.35. The Labute approximate surface area is 183 Å². The number of hydrogen-bond donors (Lipinski definition) is 0. The highest BCUT2D eigenvalue weighted by molar-refractivity contribution is 9.10. The lowest BCUT2D eigenvalue weighted by Crippen LogP contribution is -2.15. The van der Waals surface area contributed by atoms with Gasteiger partial charge in [0.05, 0.1) is 13.2 Å². The van der Waals surface area contributed by atoms with Gasteiger partial charge in [0.2, 0.25) is 0 Å². The standard InChI is InChI=1S/C24H21BrO5/c1-2-28-23(26)19-10-6-7-11-22(19)30-24(27)20-16-18(25)12-13-21(20)29-15-14-17-8-4-3-5-9-17/h3-13,16H,2,14-15H2,1H3. The van der Waals surface area contributed by atoms with Crippen LogP contribution < -0.4 is 9.47 Å². The van der Waals surface area contributed by atoms with Gasteiger partial charge in [0.25, 0.3) is 0 Å². The number of para-hydroxylation sites is 1. The van der Waals surface area contributed by atoms with Crippen molar-refractivity contribution >= 4 is 27.9 Å². The quantitative estimate of drug-likeness (QED) is 0.324. The number of ether oxygens (including phenoxy) is 3. The predicted octanol–water partition coefficient (Wildman–Crippen LogP) is 5.47. The fourth-order valence-electron chi connectivity index (χ4n) is 2.80. The Kier molecular flexibility index (Phi) is 7.63. The molecule has 0 fully saturated rings. The minimum atomic E-state index is -0.622. The molecule has 0 heterocycles. The summed E-state index contributed by atoms with van der Waals surface area (Å²) in [5, 5.41) is 0. The van der Waals surface area contributed by atoms with E-state index < -0.39 is 11.9 Å². The Morgan fingerprint density at radius 1 is 0.833 bits per heavy atom. The Bertz CT molecular complexity index is 1020. The summed E-state index contributed by atoms with van der Waals surface area (Å²) in [4.78, 5) is 25.0. The van der Waals surface area contributed by atoms with E-state index in [0.717, 1.165) is 5.56 Å². The lowest BCUT2D eigenvalue weighted by atomic mass is 10.1. The fourth-order valence-corrected chi connectivity index (χ4v) is 3.16. The van der Waals surface area contributed by atoms with Gasteiger partial charge < -0.3 is 14.2 Å². The van der Waals surface area contributed by atoms with Gasteiger partial charge in [-0.25, -0.2) is 9.59 Å². The van der Waals surface area contributed by atoms with Crippen molar-refractivity contribution in [1.29, 1.82) is 0 Å². The van der Waals surface area contributed by atoms with Crippen LogP contribution in [0.25, 0.3) is 0 Å². The van der Waals surface area contributed by atoms with Gasteiger partial charge in [-0.15, -0.1) is 0 Å². The maximum absolute atomic E-state index is 12.9. The molecule has 0 bridgehead atoms. The monoisotopic (exact) mass is 468 g/mol. The predicted molar refractivity (Wildman–Crippen MR) is 117 cm³/mol. The topological polar surface area (TPSA) is 61.8 Å². The molecule has 0 saturated carbocycles. The van der Waals surface area contributed by atoms with Gasteiger partial charge in [-0.05, 0) is 42.8 Å². The first-order chi connectivity index (χ1) is 14.6. The largest absolute Gasteiger partial charge is 0.492 e. The van der Waals surface area contributed by atoms with Crippen LogP contribution in [0.2, 0.25) is 0 Å². The van der Waals surface area contributed by atoms with E-state index in [2.05, 4.69) is 15.9 Å². The molecule has 0 radical (unpaired) electrons. The number of esters is 2. The van der Waals surface area contributed by atoms with Crippen molar-refractivity contribution in [3.63, 3.8) is 0 Å². The zero-order valence-corrected chi connectivity index (χ0v) is 18.1. The molecule has 0 atom stereocenters. The summed E-state index contributed by atoms with van der Waals surface area (Å²) < 4.78 is 17.1. The molecule has 3 aromatic carbocycles. The maximum Gasteiger partial charge on any atom is 0.347 e. The summed E-state index contributed by atoms with van der Waals surface area (Å²) in [6.07, 6.45) is 0.705. The molecule has 30 heavy (non-hydrogen) atoms. The molecule has 0 aliphatic heterocycles. The first kappa shape index (κ1) is 21.6. The molecule has 0 aromatic heterocycles. The minimum Gasteiger partial charge on any atom is -0.492 e. The number of rotatable bonds is 8.